The van der Waals surface area contributed by atoms with Crippen LogP contribution in [0.5, 0.6) is 0 Å². The van der Waals surface area contributed by atoms with Gasteiger partial charge in [-0.25, -0.2) is 4.79 Å². The highest BCUT2D eigenvalue weighted by Crippen LogP contribution is 1.97. The Hall–Kier alpha value is -0.980. The number of rotatable bonds is 5. The third-order valence-electron chi connectivity index (χ3n) is 1.50. The molecule has 0 aliphatic heterocycles. The van der Waals surface area contributed by atoms with Crippen LogP contribution in [-0.4, -0.2) is 44.2 Å². The number of halogens is 1. The van der Waals surface area contributed by atoms with Crippen LogP contribution in [0.3, 0.4) is 0 Å². The standard InChI is InChI=1S/C10H16NO2.ClH/c1-5-7-11(3,4)9-10(12)13-8-6-2;/h2,5H,1,7-9H2,3-4H3;1H/q+1;/p-1. The van der Waals surface area contributed by atoms with Crippen molar-refractivity contribution < 1.29 is 26.4 Å². The van der Waals surface area contributed by atoms with Gasteiger partial charge in [0.25, 0.3) is 0 Å². The number of quaternary nitrogens is 1. The van der Waals surface area contributed by atoms with Crippen LogP contribution in [0.15, 0.2) is 12.7 Å². The minimum absolute atomic E-state index is 0. The van der Waals surface area contributed by atoms with E-state index in [4.69, 9.17) is 11.2 Å². The van der Waals surface area contributed by atoms with Gasteiger partial charge >= 0.3 is 5.97 Å². The molecule has 0 heterocycles. The van der Waals surface area contributed by atoms with E-state index < -0.39 is 0 Å². The fourth-order valence-corrected chi connectivity index (χ4v) is 0.931. The smallest absolute Gasteiger partial charge is 0.362 e. The van der Waals surface area contributed by atoms with E-state index in [-0.39, 0.29) is 25.0 Å². The Morgan fingerprint density at radius 1 is 1.64 bits per heavy atom. The quantitative estimate of drug-likeness (QED) is 0.219. The molecule has 0 unspecified atom stereocenters. The van der Waals surface area contributed by atoms with Crippen LogP contribution in [0.2, 0.25) is 0 Å². The molecule has 0 aromatic carbocycles. The van der Waals surface area contributed by atoms with E-state index in [0.29, 0.717) is 11.0 Å². The largest absolute Gasteiger partial charge is 1.00 e. The molecule has 0 N–H and O–H groups in total. The number of likely N-dealkylation sites (N-methyl/N-ethyl adjacent to an activating group) is 1. The number of nitrogens with zero attached hydrogens (tertiary/aromatic N) is 1. The van der Waals surface area contributed by atoms with Crippen LogP contribution in [0.25, 0.3) is 0 Å². The molecule has 0 spiro atoms. The van der Waals surface area contributed by atoms with E-state index in [2.05, 4.69) is 12.5 Å². The van der Waals surface area contributed by atoms with Gasteiger partial charge in [-0.05, 0) is 6.08 Å². The second-order valence-electron chi connectivity index (χ2n) is 3.43. The lowest BCUT2D eigenvalue weighted by Crippen LogP contribution is -3.00. The van der Waals surface area contributed by atoms with Crippen molar-refractivity contribution in [3.05, 3.63) is 12.7 Å². The molecule has 4 heteroatoms. The highest BCUT2D eigenvalue weighted by Gasteiger charge is 2.18. The Morgan fingerprint density at radius 3 is 2.64 bits per heavy atom. The van der Waals surface area contributed by atoms with Crippen LogP contribution in [-0.2, 0) is 9.53 Å². The average Bonchev–Trinajstić information content (AvgIpc) is 1.99. The second kappa shape index (κ2) is 7.43. The van der Waals surface area contributed by atoms with Gasteiger partial charge in [0.1, 0.15) is 0 Å². The fraction of sp³-hybridized carbons (Fsp3) is 0.500. The summed E-state index contributed by atoms with van der Waals surface area (Å²) in [4.78, 5) is 11.1. The summed E-state index contributed by atoms with van der Waals surface area (Å²) in [5, 5.41) is 0. The van der Waals surface area contributed by atoms with Crippen molar-refractivity contribution >= 4 is 5.97 Å². The molecule has 0 fully saturated rings. The number of carbonyl (C=O) groups is 1. The van der Waals surface area contributed by atoms with E-state index in [1.54, 1.807) is 6.08 Å². The number of carbonyl (C=O) groups excluding carboxylic acids is 1. The van der Waals surface area contributed by atoms with Crippen molar-refractivity contribution in [3.63, 3.8) is 0 Å². The van der Waals surface area contributed by atoms with Crippen LogP contribution in [0, 0.1) is 12.3 Å². The molecule has 14 heavy (non-hydrogen) atoms. The maximum absolute atomic E-state index is 11.1. The lowest BCUT2D eigenvalue weighted by Gasteiger charge is -2.26. The molecule has 0 saturated carbocycles. The molecule has 0 bridgehead atoms. The summed E-state index contributed by atoms with van der Waals surface area (Å²) >= 11 is 0. The van der Waals surface area contributed by atoms with Crippen molar-refractivity contribution in [2.45, 2.75) is 0 Å². The SMILES string of the molecule is C#CCOC(=O)C[N+](C)(C)CC=C.[Cl-]. The van der Waals surface area contributed by atoms with Crippen molar-refractivity contribution in [2.75, 3.05) is 33.8 Å². The van der Waals surface area contributed by atoms with Gasteiger partial charge in [-0.15, -0.1) is 6.42 Å². The first-order valence-electron chi connectivity index (χ1n) is 4.04. The summed E-state index contributed by atoms with van der Waals surface area (Å²) in [5.41, 5.74) is 0. The molecule has 0 rings (SSSR count). The highest BCUT2D eigenvalue weighted by molar-refractivity contribution is 5.70. The average molecular weight is 218 g/mol. The van der Waals surface area contributed by atoms with Gasteiger partial charge in [0.2, 0.25) is 0 Å². The Labute approximate surface area is 91.7 Å². The van der Waals surface area contributed by atoms with Crippen LogP contribution >= 0.6 is 0 Å². The molecule has 0 aromatic rings. The molecule has 80 valence electrons. The van der Waals surface area contributed by atoms with Gasteiger partial charge in [0, 0.05) is 0 Å². The summed E-state index contributed by atoms with van der Waals surface area (Å²) in [6, 6.07) is 0. The number of hydrogen-bond acceptors (Lipinski definition) is 2. The van der Waals surface area contributed by atoms with E-state index >= 15 is 0 Å². The van der Waals surface area contributed by atoms with Gasteiger partial charge in [0.15, 0.2) is 13.2 Å². The Bertz CT molecular complexity index is 231. The predicted octanol–water partition coefficient (Wildman–Crippen LogP) is -2.57. The van der Waals surface area contributed by atoms with Gasteiger partial charge in [-0.3, -0.25) is 0 Å². The van der Waals surface area contributed by atoms with E-state index in [1.165, 1.54) is 0 Å². The van der Waals surface area contributed by atoms with Crippen molar-refractivity contribution in [1.82, 2.24) is 0 Å². The zero-order valence-electron chi connectivity index (χ0n) is 8.62. The van der Waals surface area contributed by atoms with Gasteiger partial charge in [0.05, 0.1) is 20.6 Å². The van der Waals surface area contributed by atoms with Crippen LogP contribution < -0.4 is 12.4 Å². The lowest BCUT2D eigenvalue weighted by atomic mass is 10.4. The summed E-state index contributed by atoms with van der Waals surface area (Å²) < 4.78 is 5.28. The Morgan fingerprint density at radius 2 is 2.21 bits per heavy atom. The third kappa shape index (κ3) is 7.66. The molecular formula is C10H16ClNO2. The number of esters is 1. The Balaban J connectivity index is 0. The summed E-state index contributed by atoms with van der Waals surface area (Å²) in [5.74, 6) is 1.97. The minimum atomic E-state index is -0.273. The first-order chi connectivity index (χ1) is 6.02. The zero-order chi connectivity index (χ0) is 10.3. The summed E-state index contributed by atoms with van der Waals surface area (Å²) in [7, 11) is 3.86. The maximum Gasteiger partial charge on any atom is 0.362 e. The molecule has 0 amide bonds. The number of hydrogen-bond donors (Lipinski definition) is 0. The number of terminal acetylenes is 1. The summed E-state index contributed by atoms with van der Waals surface area (Å²) in [6.07, 6.45) is 6.72. The third-order valence-corrected chi connectivity index (χ3v) is 1.50. The van der Waals surface area contributed by atoms with Gasteiger partial charge in [-0.1, -0.05) is 12.5 Å². The first kappa shape index (κ1) is 15.5. The zero-order valence-corrected chi connectivity index (χ0v) is 9.38. The molecule has 0 aliphatic carbocycles. The highest BCUT2D eigenvalue weighted by atomic mass is 35.5. The van der Waals surface area contributed by atoms with E-state index in [1.807, 2.05) is 14.1 Å². The predicted molar refractivity (Wildman–Crippen MR) is 51.8 cm³/mol. The van der Waals surface area contributed by atoms with Crippen molar-refractivity contribution in [2.24, 2.45) is 0 Å². The monoisotopic (exact) mass is 217 g/mol. The molecule has 0 saturated heterocycles. The van der Waals surface area contributed by atoms with Gasteiger partial charge < -0.3 is 21.6 Å². The molecule has 3 nitrogen and oxygen atoms in total. The molecule has 0 radical (unpaired) electrons. The molecule has 0 aliphatic rings. The molecule has 0 atom stereocenters. The molecule has 0 aromatic heterocycles. The van der Waals surface area contributed by atoms with Crippen molar-refractivity contribution in [3.8, 4) is 12.3 Å². The van der Waals surface area contributed by atoms with Crippen LogP contribution in [0.1, 0.15) is 0 Å². The molecular weight excluding hydrogens is 202 g/mol. The summed E-state index contributed by atoms with van der Waals surface area (Å²) in [6.45, 7) is 4.70. The first-order valence-corrected chi connectivity index (χ1v) is 4.04. The minimum Gasteiger partial charge on any atom is -1.00 e. The second-order valence-corrected chi connectivity index (χ2v) is 3.43. The fourth-order valence-electron chi connectivity index (χ4n) is 0.931. The normalized spacial score (nSPS) is 9.50. The van der Waals surface area contributed by atoms with E-state index in [0.717, 1.165) is 6.54 Å². The number of ether oxygens (including phenoxy) is 1. The Kier molecular flexibility index (Phi) is 8.22. The van der Waals surface area contributed by atoms with Gasteiger partial charge in [-0.2, -0.15) is 0 Å². The lowest BCUT2D eigenvalue weighted by molar-refractivity contribution is -0.877. The van der Waals surface area contributed by atoms with E-state index in [9.17, 15) is 4.79 Å². The topological polar surface area (TPSA) is 26.3 Å². The van der Waals surface area contributed by atoms with Crippen LogP contribution in [0.4, 0.5) is 0 Å². The maximum atomic E-state index is 11.1. The van der Waals surface area contributed by atoms with Crippen molar-refractivity contribution in [1.29, 1.82) is 0 Å².